The molecule has 0 spiro atoms. The predicted octanol–water partition coefficient (Wildman–Crippen LogP) is 6.30. The Morgan fingerprint density at radius 2 is 1.44 bits per heavy atom. The fraction of sp³-hybridized carbons (Fsp3) is 0.375. The highest BCUT2D eigenvalue weighted by atomic mass is 35.5. The van der Waals surface area contributed by atoms with Crippen molar-refractivity contribution >= 4 is 39.1 Å². The molecule has 3 rings (SSSR count). The Bertz CT molecular complexity index is 1450. The number of carbonyl (C=O) groups excluding carboxylic acids is 2. The van der Waals surface area contributed by atoms with Gasteiger partial charge < -0.3 is 10.2 Å². The molecule has 0 fully saturated rings. The number of amides is 2. The number of rotatable bonds is 10. The fourth-order valence-corrected chi connectivity index (χ4v) is 5.78. The third kappa shape index (κ3) is 8.57. The van der Waals surface area contributed by atoms with Crippen molar-refractivity contribution in [3.05, 3.63) is 94.5 Å². The molecule has 0 aliphatic carbocycles. The molecule has 41 heavy (non-hydrogen) atoms. The number of hydrogen-bond donors (Lipinski definition) is 1. The van der Waals surface area contributed by atoms with Crippen molar-refractivity contribution in [3.63, 3.8) is 0 Å². The fourth-order valence-electron chi connectivity index (χ4n) is 4.23. The Morgan fingerprint density at radius 3 is 1.95 bits per heavy atom. The lowest BCUT2D eigenvalue weighted by molar-refractivity contribution is -0.140. The van der Waals surface area contributed by atoms with E-state index in [2.05, 4.69) is 19.2 Å². The van der Waals surface area contributed by atoms with Gasteiger partial charge in [-0.15, -0.1) is 0 Å². The highest BCUT2D eigenvalue weighted by Crippen LogP contribution is 2.27. The molecule has 0 radical (unpaired) electrons. The number of aryl methyl sites for hydroxylation is 1. The number of nitrogens with one attached hydrogen (secondary N) is 1. The average Bonchev–Trinajstić information content (AvgIpc) is 2.90. The first-order chi connectivity index (χ1) is 19.1. The van der Waals surface area contributed by atoms with Gasteiger partial charge in [-0.2, -0.15) is 0 Å². The minimum absolute atomic E-state index is 0.0756. The van der Waals surface area contributed by atoms with Crippen LogP contribution in [0.5, 0.6) is 0 Å². The van der Waals surface area contributed by atoms with Crippen LogP contribution in [0.15, 0.2) is 77.7 Å². The summed E-state index contributed by atoms with van der Waals surface area (Å²) >= 11 is 6.06. The number of anilines is 1. The van der Waals surface area contributed by atoms with Gasteiger partial charge in [-0.1, -0.05) is 67.4 Å². The van der Waals surface area contributed by atoms with Crippen LogP contribution in [0.2, 0.25) is 5.02 Å². The maximum Gasteiger partial charge on any atom is 0.264 e. The second-order valence-corrected chi connectivity index (χ2v) is 13.9. The van der Waals surface area contributed by atoms with Gasteiger partial charge in [0.2, 0.25) is 11.8 Å². The normalized spacial score (nSPS) is 12.6. The summed E-state index contributed by atoms with van der Waals surface area (Å²) in [5.74, 6) is -0.598. The maximum atomic E-state index is 14.0. The molecule has 1 atom stereocenters. The molecular formula is C32H40ClN3O4S. The van der Waals surface area contributed by atoms with Crippen LogP contribution in [0, 0.1) is 6.92 Å². The van der Waals surface area contributed by atoms with E-state index in [1.807, 2.05) is 39.8 Å². The van der Waals surface area contributed by atoms with Crippen molar-refractivity contribution in [1.82, 2.24) is 10.2 Å². The van der Waals surface area contributed by atoms with E-state index < -0.39 is 34.1 Å². The number of benzene rings is 3. The van der Waals surface area contributed by atoms with Gasteiger partial charge in [-0.25, -0.2) is 8.42 Å². The van der Waals surface area contributed by atoms with Gasteiger partial charge in [0.05, 0.1) is 10.6 Å². The Kier molecular flexibility index (Phi) is 10.3. The molecular weight excluding hydrogens is 558 g/mol. The van der Waals surface area contributed by atoms with E-state index in [9.17, 15) is 18.0 Å². The Balaban J connectivity index is 2.05. The zero-order chi connectivity index (χ0) is 30.5. The van der Waals surface area contributed by atoms with Crippen LogP contribution in [0.3, 0.4) is 0 Å². The smallest absolute Gasteiger partial charge is 0.264 e. The van der Waals surface area contributed by atoms with Gasteiger partial charge in [-0.05, 0) is 88.1 Å². The molecule has 0 saturated heterocycles. The second-order valence-electron chi connectivity index (χ2n) is 11.6. The Hall–Kier alpha value is -3.36. The monoisotopic (exact) mass is 597 g/mol. The topological polar surface area (TPSA) is 86.8 Å². The average molecular weight is 598 g/mol. The van der Waals surface area contributed by atoms with Crippen molar-refractivity contribution < 1.29 is 18.0 Å². The van der Waals surface area contributed by atoms with E-state index in [1.54, 1.807) is 55.5 Å². The summed E-state index contributed by atoms with van der Waals surface area (Å²) in [6.07, 6.45) is 0. The van der Waals surface area contributed by atoms with E-state index in [0.29, 0.717) is 10.7 Å². The molecule has 7 nitrogen and oxygen atoms in total. The first-order valence-corrected chi connectivity index (χ1v) is 15.5. The minimum Gasteiger partial charge on any atom is -0.350 e. The SMILES string of the molecule is Cc1ccc(S(=O)(=O)N(CC(=O)N(Cc2ccc(Cl)cc2)C(C)C(=O)NC(C)(C)C)c2ccc(C(C)C)cc2)cc1. The van der Waals surface area contributed by atoms with Gasteiger partial charge in [0.1, 0.15) is 12.6 Å². The van der Waals surface area contributed by atoms with Crippen LogP contribution in [0.25, 0.3) is 0 Å². The van der Waals surface area contributed by atoms with Crippen LogP contribution < -0.4 is 9.62 Å². The summed E-state index contributed by atoms with van der Waals surface area (Å²) < 4.78 is 29.1. The number of hydrogen-bond acceptors (Lipinski definition) is 4. The van der Waals surface area contributed by atoms with Crippen LogP contribution in [-0.2, 0) is 26.2 Å². The van der Waals surface area contributed by atoms with Gasteiger partial charge in [0, 0.05) is 17.1 Å². The zero-order valence-electron chi connectivity index (χ0n) is 24.8. The summed E-state index contributed by atoms with van der Waals surface area (Å²) in [6, 6.07) is 19.8. The first-order valence-electron chi connectivity index (χ1n) is 13.6. The summed E-state index contributed by atoms with van der Waals surface area (Å²) in [5, 5.41) is 3.47. The number of halogens is 1. The largest absolute Gasteiger partial charge is 0.350 e. The number of sulfonamides is 1. The van der Waals surface area contributed by atoms with Crippen molar-refractivity contribution in [2.75, 3.05) is 10.8 Å². The van der Waals surface area contributed by atoms with E-state index in [-0.39, 0.29) is 23.3 Å². The van der Waals surface area contributed by atoms with Crippen LogP contribution >= 0.6 is 11.6 Å². The van der Waals surface area contributed by atoms with Crippen LogP contribution in [0.4, 0.5) is 5.69 Å². The van der Waals surface area contributed by atoms with Crippen molar-refractivity contribution in [3.8, 4) is 0 Å². The van der Waals surface area contributed by atoms with E-state index in [0.717, 1.165) is 21.0 Å². The third-order valence-electron chi connectivity index (χ3n) is 6.67. The number of carbonyl (C=O) groups is 2. The van der Waals surface area contributed by atoms with E-state index >= 15 is 0 Å². The van der Waals surface area contributed by atoms with Gasteiger partial charge in [0.25, 0.3) is 10.0 Å². The molecule has 1 unspecified atom stereocenters. The number of nitrogens with zero attached hydrogens (tertiary/aromatic N) is 2. The van der Waals surface area contributed by atoms with Crippen molar-refractivity contribution in [2.45, 2.75) is 77.4 Å². The molecule has 0 aliphatic rings. The molecule has 2 amide bonds. The zero-order valence-corrected chi connectivity index (χ0v) is 26.4. The lowest BCUT2D eigenvalue weighted by atomic mass is 10.0. The molecule has 0 saturated carbocycles. The third-order valence-corrected chi connectivity index (χ3v) is 8.71. The minimum atomic E-state index is -4.12. The molecule has 0 aliphatic heterocycles. The Morgan fingerprint density at radius 1 is 0.878 bits per heavy atom. The summed E-state index contributed by atoms with van der Waals surface area (Å²) in [5.41, 5.74) is 2.57. The highest BCUT2D eigenvalue weighted by molar-refractivity contribution is 7.92. The molecule has 1 N–H and O–H groups in total. The maximum absolute atomic E-state index is 14.0. The molecule has 0 aromatic heterocycles. The lowest BCUT2D eigenvalue weighted by Gasteiger charge is -2.33. The van der Waals surface area contributed by atoms with Crippen LogP contribution in [0.1, 0.15) is 64.2 Å². The lowest BCUT2D eigenvalue weighted by Crippen LogP contribution is -2.54. The van der Waals surface area contributed by atoms with Gasteiger partial charge in [0.15, 0.2) is 0 Å². The second kappa shape index (κ2) is 13.1. The summed E-state index contributed by atoms with van der Waals surface area (Å²) in [7, 11) is -4.12. The van der Waals surface area contributed by atoms with Crippen LogP contribution in [-0.4, -0.2) is 43.3 Å². The first kappa shape index (κ1) is 32.2. The van der Waals surface area contributed by atoms with Crippen molar-refractivity contribution in [1.29, 1.82) is 0 Å². The predicted molar refractivity (Wildman–Crippen MR) is 166 cm³/mol. The van der Waals surface area contributed by atoms with E-state index in [1.165, 1.54) is 17.0 Å². The molecule has 3 aromatic rings. The quantitative estimate of drug-likeness (QED) is 0.297. The molecule has 9 heteroatoms. The molecule has 0 bridgehead atoms. The highest BCUT2D eigenvalue weighted by Gasteiger charge is 2.33. The standard InChI is InChI=1S/C32H40ClN3O4S/c1-22(2)26-12-16-28(17-13-26)36(41(39,40)29-18-8-23(3)9-19-29)21-30(37)35(20-25-10-14-27(33)15-11-25)24(4)31(38)34-32(5,6)7/h8-19,22,24H,20-21H2,1-7H3,(H,34,38). The van der Waals surface area contributed by atoms with Gasteiger partial charge >= 0.3 is 0 Å². The van der Waals surface area contributed by atoms with E-state index in [4.69, 9.17) is 11.6 Å². The summed E-state index contributed by atoms with van der Waals surface area (Å²) in [6.45, 7) is 12.8. The summed E-state index contributed by atoms with van der Waals surface area (Å²) in [4.78, 5) is 28.7. The van der Waals surface area contributed by atoms with Crippen molar-refractivity contribution in [2.24, 2.45) is 0 Å². The Labute approximate surface area is 249 Å². The molecule has 3 aromatic carbocycles. The molecule has 0 heterocycles. The molecule has 220 valence electrons. The van der Waals surface area contributed by atoms with Gasteiger partial charge in [-0.3, -0.25) is 13.9 Å².